The van der Waals surface area contributed by atoms with Crippen molar-refractivity contribution in [2.75, 3.05) is 14.2 Å². The molecule has 1 N–H and O–H groups in total. The zero-order valence-corrected chi connectivity index (χ0v) is 11.6. The Bertz CT molecular complexity index is 656. The van der Waals surface area contributed by atoms with Gasteiger partial charge in [-0.05, 0) is 17.9 Å². The van der Waals surface area contributed by atoms with E-state index in [1.807, 2.05) is 0 Å². The number of ether oxygens (including phenoxy) is 1. The zero-order chi connectivity index (χ0) is 13.7. The van der Waals surface area contributed by atoms with Crippen LogP contribution in [0.15, 0.2) is 16.0 Å². The number of hydrogen-bond acceptors (Lipinski definition) is 6. The molecule has 0 saturated heterocycles. The van der Waals surface area contributed by atoms with E-state index in [1.165, 1.54) is 7.05 Å². The summed E-state index contributed by atoms with van der Waals surface area (Å²) in [5.74, 6) is -1.26. The number of esters is 1. The van der Waals surface area contributed by atoms with Crippen LogP contribution < -0.4 is 0 Å². The third-order valence-electron chi connectivity index (χ3n) is 2.67. The number of carbonyl (C=O) groups excluding carboxylic acids is 1. The Morgan fingerprint density at radius 2 is 2.11 bits per heavy atom. The minimum Gasteiger partial charge on any atom is -0.504 e. The second-order valence-electron chi connectivity index (χ2n) is 3.74. The SMILES string of the molecule is COC(=O)C1=C(O)c2scc(C)c2S(=O)(=O)N1C. The topological polar surface area (TPSA) is 83.9 Å². The summed E-state index contributed by atoms with van der Waals surface area (Å²) in [7, 11) is -1.49. The van der Waals surface area contributed by atoms with Crippen LogP contribution in [0.1, 0.15) is 10.4 Å². The number of fused-ring (bicyclic) bond motifs is 1. The van der Waals surface area contributed by atoms with E-state index in [-0.39, 0.29) is 21.2 Å². The summed E-state index contributed by atoms with van der Waals surface area (Å²) in [6.45, 7) is 1.64. The van der Waals surface area contributed by atoms with Gasteiger partial charge in [0.2, 0.25) is 0 Å². The zero-order valence-electron chi connectivity index (χ0n) is 9.92. The van der Waals surface area contributed by atoms with Gasteiger partial charge in [0.1, 0.15) is 4.90 Å². The predicted octanol–water partition coefficient (Wildman–Crippen LogP) is 1.09. The lowest BCUT2D eigenvalue weighted by Gasteiger charge is -2.26. The van der Waals surface area contributed by atoms with Crippen molar-refractivity contribution in [3.63, 3.8) is 0 Å². The Kier molecular flexibility index (Phi) is 2.86. The number of aliphatic hydroxyl groups excluding tert-OH is 1. The highest BCUT2D eigenvalue weighted by atomic mass is 32.2. The standard InChI is InChI=1S/C10H11NO5S2/c1-5-4-17-8-7(12)6(10(13)16-3)11(2)18(14,15)9(5)8/h4,12H,1-3H3. The van der Waals surface area contributed by atoms with Gasteiger partial charge in [-0.3, -0.25) is 4.31 Å². The lowest BCUT2D eigenvalue weighted by atomic mass is 10.2. The number of methoxy groups -OCH3 is 1. The fraction of sp³-hybridized carbons (Fsp3) is 0.300. The molecule has 0 aromatic carbocycles. The van der Waals surface area contributed by atoms with Crippen molar-refractivity contribution in [3.8, 4) is 0 Å². The fourth-order valence-corrected chi connectivity index (χ4v) is 4.65. The molecule has 0 aliphatic carbocycles. The molecule has 0 radical (unpaired) electrons. The van der Waals surface area contributed by atoms with E-state index in [1.54, 1.807) is 12.3 Å². The van der Waals surface area contributed by atoms with Gasteiger partial charge in [0.25, 0.3) is 10.0 Å². The molecule has 0 bridgehead atoms. The molecule has 8 heteroatoms. The van der Waals surface area contributed by atoms with Crippen LogP contribution in [0.3, 0.4) is 0 Å². The molecule has 1 aromatic heterocycles. The number of nitrogens with zero attached hydrogens (tertiary/aromatic N) is 1. The largest absolute Gasteiger partial charge is 0.504 e. The number of rotatable bonds is 1. The normalized spacial score (nSPS) is 17.6. The van der Waals surface area contributed by atoms with Gasteiger partial charge in [-0.2, -0.15) is 0 Å². The van der Waals surface area contributed by atoms with E-state index in [4.69, 9.17) is 0 Å². The molecule has 0 amide bonds. The maximum atomic E-state index is 12.2. The predicted molar refractivity (Wildman–Crippen MR) is 65.6 cm³/mol. The first kappa shape index (κ1) is 12.9. The number of carbonyl (C=O) groups is 1. The van der Waals surface area contributed by atoms with Gasteiger partial charge in [-0.1, -0.05) is 0 Å². The first-order valence-electron chi connectivity index (χ1n) is 4.91. The van der Waals surface area contributed by atoms with Crippen molar-refractivity contribution in [2.45, 2.75) is 11.8 Å². The van der Waals surface area contributed by atoms with E-state index in [0.29, 0.717) is 5.56 Å². The van der Waals surface area contributed by atoms with Crippen molar-refractivity contribution < 1.29 is 23.1 Å². The Morgan fingerprint density at radius 1 is 1.50 bits per heavy atom. The average Bonchev–Trinajstić information content (AvgIpc) is 2.70. The van der Waals surface area contributed by atoms with Crippen LogP contribution in [-0.2, 0) is 19.6 Å². The first-order valence-corrected chi connectivity index (χ1v) is 7.23. The van der Waals surface area contributed by atoms with Gasteiger partial charge in [-0.15, -0.1) is 11.3 Å². The molecule has 0 atom stereocenters. The molecule has 0 unspecified atom stereocenters. The van der Waals surface area contributed by atoms with Crippen molar-refractivity contribution in [1.82, 2.24) is 4.31 Å². The summed E-state index contributed by atoms with van der Waals surface area (Å²) in [4.78, 5) is 11.8. The van der Waals surface area contributed by atoms with Crippen molar-refractivity contribution in [2.24, 2.45) is 0 Å². The minimum absolute atomic E-state index is 0.0418. The summed E-state index contributed by atoms with van der Waals surface area (Å²) in [5.41, 5.74) is 0.171. The molecule has 1 aliphatic heterocycles. The van der Waals surface area contributed by atoms with Gasteiger partial charge in [0.05, 0.1) is 12.0 Å². The molecule has 2 heterocycles. The second kappa shape index (κ2) is 3.99. The number of hydrogen-bond donors (Lipinski definition) is 1. The maximum absolute atomic E-state index is 12.2. The minimum atomic E-state index is -3.82. The van der Waals surface area contributed by atoms with E-state index >= 15 is 0 Å². The lowest BCUT2D eigenvalue weighted by Crippen LogP contribution is -2.35. The molecular weight excluding hydrogens is 278 g/mol. The van der Waals surface area contributed by atoms with Crippen LogP contribution >= 0.6 is 11.3 Å². The monoisotopic (exact) mass is 289 g/mol. The Morgan fingerprint density at radius 3 is 2.67 bits per heavy atom. The summed E-state index contributed by atoms with van der Waals surface area (Å²) < 4.78 is 29.7. The van der Waals surface area contributed by atoms with Gasteiger partial charge in [0.15, 0.2) is 11.5 Å². The second-order valence-corrected chi connectivity index (χ2v) is 6.52. The number of aliphatic hydroxyl groups is 1. The van der Waals surface area contributed by atoms with Crippen LogP contribution in [0.5, 0.6) is 0 Å². The summed E-state index contributed by atoms with van der Waals surface area (Å²) in [6, 6.07) is 0. The maximum Gasteiger partial charge on any atom is 0.359 e. The lowest BCUT2D eigenvalue weighted by molar-refractivity contribution is -0.137. The van der Waals surface area contributed by atoms with Crippen LogP contribution in [0.4, 0.5) is 0 Å². The molecule has 1 aromatic rings. The van der Waals surface area contributed by atoms with Crippen molar-refractivity contribution in [3.05, 3.63) is 21.5 Å². The van der Waals surface area contributed by atoms with E-state index in [0.717, 1.165) is 22.8 Å². The fourth-order valence-electron chi connectivity index (χ4n) is 1.75. The van der Waals surface area contributed by atoms with Gasteiger partial charge >= 0.3 is 5.97 Å². The van der Waals surface area contributed by atoms with E-state index < -0.39 is 16.0 Å². The summed E-state index contributed by atoms with van der Waals surface area (Å²) in [6.07, 6.45) is 0. The highest BCUT2D eigenvalue weighted by Crippen LogP contribution is 2.40. The van der Waals surface area contributed by atoms with Crippen molar-refractivity contribution >= 4 is 33.1 Å². The molecule has 0 saturated carbocycles. The molecular formula is C10H11NO5S2. The quantitative estimate of drug-likeness (QED) is 0.782. The van der Waals surface area contributed by atoms with Crippen LogP contribution in [-0.4, -0.2) is 38.0 Å². The summed E-state index contributed by atoms with van der Waals surface area (Å²) in [5, 5.41) is 11.6. The smallest absolute Gasteiger partial charge is 0.359 e. The molecule has 18 heavy (non-hydrogen) atoms. The molecule has 0 spiro atoms. The average molecular weight is 289 g/mol. The Hall–Kier alpha value is -1.54. The number of sulfonamides is 1. The molecule has 1 aliphatic rings. The van der Waals surface area contributed by atoms with Crippen LogP contribution in [0, 0.1) is 6.92 Å². The Balaban J connectivity index is 2.82. The van der Waals surface area contributed by atoms with Gasteiger partial charge in [-0.25, -0.2) is 13.2 Å². The highest BCUT2D eigenvalue weighted by Gasteiger charge is 2.40. The number of likely N-dealkylation sites (N-methyl/N-ethyl adjacent to an activating group) is 1. The highest BCUT2D eigenvalue weighted by molar-refractivity contribution is 7.89. The van der Waals surface area contributed by atoms with E-state index in [9.17, 15) is 18.3 Å². The van der Waals surface area contributed by atoms with Gasteiger partial charge in [0, 0.05) is 7.05 Å². The summed E-state index contributed by atoms with van der Waals surface area (Å²) >= 11 is 1.07. The molecule has 0 fully saturated rings. The molecule has 6 nitrogen and oxygen atoms in total. The van der Waals surface area contributed by atoms with Crippen LogP contribution in [0.2, 0.25) is 0 Å². The molecule has 98 valence electrons. The van der Waals surface area contributed by atoms with Gasteiger partial charge < -0.3 is 9.84 Å². The Labute approximate surface area is 108 Å². The molecule has 2 rings (SSSR count). The van der Waals surface area contributed by atoms with Crippen molar-refractivity contribution in [1.29, 1.82) is 0 Å². The van der Waals surface area contributed by atoms with E-state index in [2.05, 4.69) is 4.74 Å². The number of thiophene rings is 1. The number of aryl methyl sites for hydroxylation is 1. The third-order valence-corrected chi connectivity index (χ3v) is 5.85. The third kappa shape index (κ3) is 1.52. The first-order chi connectivity index (χ1) is 8.32. The van der Waals surface area contributed by atoms with Crippen LogP contribution in [0.25, 0.3) is 5.76 Å².